The number of hydrogen-bond donors (Lipinski definition) is 1. The van der Waals surface area contributed by atoms with E-state index in [4.69, 9.17) is 0 Å². The van der Waals surface area contributed by atoms with Crippen molar-refractivity contribution in [3.63, 3.8) is 0 Å². The number of hydrogen-bond acceptors (Lipinski definition) is 5. The molecule has 2 aromatic heterocycles. The van der Waals surface area contributed by atoms with E-state index in [1.54, 1.807) is 23.5 Å². The largest absolute Gasteiger partial charge is 0.364 e. The van der Waals surface area contributed by atoms with Gasteiger partial charge < -0.3 is 14.8 Å². The first-order valence-corrected chi connectivity index (χ1v) is 8.21. The first kappa shape index (κ1) is 16.9. The summed E-state index contributed by atoms with van der Waals surface area (Å²) in [7, 11) is 1.86. The zero-order chi connectivity index (χ0) is 18.0. The van der Waals surface area contributed by atoms with Crippen LogP contribution in [0.1, 0.15) is 12.6 Å². The van der Waals surface area contributed by atoms with Crippen molar-refractivity contribution in [2.45, 2.75) is 19.4 Å². The highest BCUT2D eigenvalue weighted by molar-refractivity contribution is 5.87. The van der Waals surface area contributed by atoms with E-state index < -0.39 is 0 Å². The van der Waals surface area contributed by atoms with Gasteiger partial charge in [0.05, 0.1) is 23.6 Å². The molecule has 0 bridgehead atoms. The van der Waals surface area contributed by atoms with E-state index >= 15 is 0 Å². The highest BCUT2D eigenvalue weighted by Gasteiger charge is 2.33. The molecule has 25 heavy (non-hydrogen) atoms. The fraction of sp³-hybridized carbons (Fsp3) is 0.333. The highest BCUT2D eigenvalue weighted by Crippen LogP contribution is 2.23. The number of H-pyrrole nitrogens is 1. The molecule has 3 rings (SSSR count). The molecule has 0 unspecified atom stereocenters. The van der Waals surface area contributed by atoms with Crippen LogP contribution in [0.25, 0.3) is 11.3 Å². The van der Waals surface area contributed by atoms with Gasteiger partial charge in [-0.15, -0.1) is 0 Å². The minimum absolute atomic E-state index is 0.0843. The number of pyridine rings is 1. The van der Waals surface area contributed by atoms with E-state index in [9.17, 15) is 9.59 Å². The summed E-state index contributed by atoms with van der Waals surface area (Å²) in [6.45, 7) is 6.67. The minimum atomic E-state index is -0.167. The molecule has 1 N–H and O–H groups in total. The van der Waals surface area contributed by atoms with E-state index in [-0.39, 0.29) is 17.5 Å². The molecule has 1 aliphatic rings. The van der Waals surface area contributed by atoms with E-state index in [1.807, 2.05) is 24.9 Å². The summed E-state index contributed by atoms with van der Waals surface area (Å²) in [6, 6.07) is 1.92. The second kappa shape index (κ2) is 6.88. The predicted octanol–water partition coefficient (Wildman–Crippen LogP) is 1.23. The molecule has 1 aliphatic heterocycles. The van der Waals surface area contributed by atoms with Gasteiger partial charge in [0.15, 0.2) is 0 Å². The molecule has 7 heteroatoms. The Hall–Kier alpha value is -2.96. The lowest BCUT2D eigenvalue weighted by atomic mass is 10.1. The predicted molar refractivity (Wildman–Crippen MR) is 96.4 cm³/mol. The Labute approximate surface area is 146 Å². The first-order chi connectivity index (χ1) is 12.0. The minimum Gasteiger partial charge on any atom is -0.364 e. The Morgan fingerprint density at radius 2 is 2.24 bits per heavy atom. The number of nitrogens with one attached hydrogen (secondary N) is 1. The summed E-state index contributed by atoms with van der Waals surface area (Å²) in [6.07, 6.45) is 7.18. The Balaban J connectivity index is 1.84. The van der Waals surface area contributed by atoms with Gasteiger partial charge in [-0.1, -0.05) is 13.5 Å². The number of likely N-dealkylation sites (tertiary alicyclic amines) is 1. The van der Waals surface area contributed by atoms with Crippen molar-refractivity contribution in [3.05, 3.63) is 53.4 Å². The van der Waals surface area contributed by atoms with E-state index in [0.717, 1.165) is 23.4 Å². The standard InChI is InChI=1S/C18H21N5O2/c1-4-13-8-19-9-15(21-13)12-6-16(18(25)20-7-12)22(3)14-10-23(11-14)17(24)5-2/h5-9,14H,2,4,10-11H2,1,3H3,(H,20,25). The van der Waals surface area contributed by atoms with Crippen molar-refractivity contribution in [2.24, 2.45) is 0 Å². The van der Waals surface area contributed by atoms with Crippen molar-refractivity contribution >= 4 is 11.6 Å². The fourth-order valence-corrected chi connectivity index (χ4v) is 2.80. The van der Waals surface area contributed by atoms with Crippen molar-refractivity contribution in [1.82, 2.24) is 19.9 Å². The van der Waals surface area contributed by atoms with Gasteiger partial charge in [-0.25, -0.2) is 4.98 Å². The number of amides is 1. The maximum Gasteiger partial charge on any atom is 0.271 e. The molecule has 0 atom stereocenters. The number of aromatic amines is 1. The lowest BCUT2D eigenvalue weighted by Crippen LogP contribution is -2.60. The molecule has 3 heterocycles. The number of carbonyl (C=O) groups is 1. The Morgan fingerprint density at radius 1 is 1.48 bits per heavy atom. The third kappa shape index (κ3) is 3.31. The number of aromatic nitrogens is 3. The zero-order valence-corrected chi connectivity index (χ0v) is 14.4. The number of anilines is 1. The van der Waals surface area contributed by atoms with Crippen LogP contribution >= 0.6 is 0 Å². The first-order valence-electron chi connectivity index (χ1n) is 8.21. The molecule has 7 nitrogen and oxygen atoms in total. The number of likely N-dealkylation sites (N-methyl/N-ethyl adjacent to an activating group) is 1. The maximum atomic E-state index is 12.3. The van der Waals surface area contributed by atoms with Crippen molar-refractivity contribution in [2.75, 3.05) is 25.0 Å². The third-order valence-electron chi connectivity index (χ3n) is 4.50. The smallest absolute Gasteiger partial charge is 0.271 e. The van der Waals surface area contributed by atoms with Crippen LogP contribution in [0.3, 0.4) is 0 Å². The second-order valence-electron chi connectivity index (χ2n) is 6.06. The summed E-state index contributed by atoms with van der Waals surface area (Å²) in [5.41, 5.74) is 2.82. The van der Waals surface area contributed by atoms with Gasteiger partial charge in [0.2, 0.25) is 5.91 Å². The van der Waals surface area contributed by atoms with Crippen LogP contribution < -0.4 is 10.5 Å². The molecule has 0 spiro atoms. The molecule has 0 saturated carbocycles. The van der Waals surface area contributed by atoms with Crippen LogP contribution in [0.4, 0.5) is 5.69 Å². The lowest BCUT2D eigenvalue weighted by molar-refractivity contribution is -0.130. The molecule has 1 amide bonds. The Kier molecular flexibility index (Phi) is 4.65. The summed E-state index contributed by atoms with van der Waals surface area (Å²) in [5.74, 6) is -0.0843. The molecule has 0 radical (unpaired) electrons. The third-order valence-corrected chi connectivity index (χ3v) is 4.50. The topological polar surface area (TPSA) is 82.2 Å². The SMILES string of the molecule is C=CC(=O)N1CC(N(C)c2cc(-c3cncc(CC)n3)c[nH]c2=O)C1. The molecular weight excluding hydrogens is 318 g/mol. The maximum absolute atomic E-state index is 12.3. The number of nitrogens with zero attached hydrogens (tertiary/aromatic N) is 4. The van der Waals surface area contributed by atoms with Crippen LogP contribution in [0.5, 0.6) is 0 Å². The van der Waals surface area contributed by atoms with E-state index in [1.165, 1.54) is 6.08 Å². The average molecular weight is 339 g/mol. The van der Waals surface area contributed by atoms with Crippen molar-refractivity contribution in [3.8, 4) is 11.3 Å². The van der Waals surface area contributed by atoms with Crippen LogP contribution in [0.15, 0.2) is 42.1 Å². The van der Waals surface area contributed by atoms with Gasteiger partial charge in [0.25, 0.3) is 5.56 Å². The summed E-state index contributed by atoms with van der Waals surface area (Å²) in [4.78, 5) is 39.0. The number of aryl methyl sites for hydroxylation is 1. The summed E-state index contributed by atoms with van der Waals surface area (Å²) in [5, 5.41) is 0. The van der Waals surface area contributed by atoms with Crippen LogP contribution in [-0.4, -0.2) is 51.9 Å². The van der Waals surface area contributed by atoms with Gasteiger partial charge in [-0.05, 0) is 18.6 Å². The van der Waals surface area contributed by atoms with Gasteiger partial charge in [-0.3, -0.25) is 14.6 Å². The normalized spacial score (nSPS) is 14.1. The van der Waals surface area contributed by atoms with Gasteiger partial charge in [0, 0.05) is 38.1 Å². The molecule has 0 aliphatic carbocycles. The molecule has 1 saturated heterocycles. The summed E-state index contributed by atoms with van der Waals surface area (Å²) < 4.78 is 0. The van der Waals surface area contributed by atoms with E-state index in [0.29, 0.717) is 18.8 Å². The van der Waals surface area contributed by atoms with Crippen molar-refractivity contribution in [1.29, 1.82) is 0 Å². The average Bonchev–Trinajstić information content (AvgIpc) is 2.60. The zero-order valence-electron chi connectivity index (χ0n) is 14.4. The van der Waals surface area contributed by atoms with Crippen LogP contribution in [0.2, 0.25) is 0 Å². The second-order valence-corrected chi connectivity index (χ2v) is 6.06. The van der Waals surface area contributed by atoms with Crippen LogP contribution in [-0.2, 0) is 11.2 Å². The lowest BCUT2D eigenvalue weighted by Gasteiger charge is -2.44. The molecule has 130 valence electrons. The number of rotatable bonds is 5. The number of carbonyl (C=O) groups excluding carboxylic acids is 1. The monoisotopic (exact) mass is 339 g/mol. The molecule has 2 aromatic rings. The van der Waals surface area contributed by atoms with Gasteiger partial charge >= 0.3 is 0 Å². The van der Waals surface area contributed by atoms with Gasteiger partial charge in [0.1, 0.15) is 5.69 Å². The highest BCUT2D eigenvalue weighted by atomic mass is 16.2. The Bertz CT molecular complexity index is 855. The van der Waals surface area contributed by atoms with Crippen LogP contribution in [0, 0.1) is 0 Å². The Morgan fingerprint density at radius 3 is 2.92 bits per heavy atom. The molecule has 1 fully saturated rings. The summed E-state index contributed by atoms with van der Waals surface area (Å²) >= 11 is 0. The van der Waals surface area contributed by atoms with E-state index in [2.05, 4.69) is 21.5 Å². The molecule has 0 aromatic carbocycles. The molecular formula is C18H21N5O2. The van der Waals surface area contributed by atoms with Gasteiger partial charge in [-0.2, -0.15) is 0 Å². The van der Waals surface area contributed by atoms with Crippen molar-refractivity contribution < 1.29 is 4.79 Å². The quantitative estimate of drug-likeness (QED) is 0.829. The fourth-order valence-electron chi connectivity index (χ4n) is 2.80.